The average Bonchev–Trinajstić information content (AvgIpc) is 3.30. The van der Waals surface area contributed by atoms with Gasteiger partial charge in [0.2, 0.25) is 5.91 Å². The molecule has 2 rings (SSSR count). The number of carbonyl (C=O) groups is 1. The number of amides is 1. The van der Waals surface area contributed by atoms with Gasteiger partial charge in [0, 0.05) is 11.7 Å². The van der Waals surface area contributed by atoms with Crippen LogP contribution < -0.4 is 10.1 Å². The van der Waals surface area contributed by atoms with Crippen molar-refractivity contribution in [1.29, 1.82) is 0 Å². The quantitative estimate of drug-likeness (QED) is 0.759. The van der Waals surface area contributed by atoms with Crippen molar-refractivity contribution in [2.75, 3.05) is 25.0 Å². The van der Waals surface area contributed by atoms with Gasteiger partial charge in [0.15, 0.2) is 0 Å². The molecule has 0 saturated heterocycles. The van der Waals surface area contributed by atoms with Crippen LogP contribution in [0.5, 0.6) is 5.75 Å². The third-order valence-electron chi connectivity index (χ3n) is 3.85. The van der Waals surface area contributed by atoms with Crippen LogP contribution in [0.25, 0.3) is 0 Å². The molecular weight excluding hydrogens is 276 g/mol. The molecule has 4 nitrogen and oxygen atoms in total. The molecule has 1 amide bonds. The predicted molar refractivity (Wildman–Crippen MR) is 90.3 cm³/mol. The van der Waals surface area contributed by atoms with Gasteiger partial charge in [-0.25, -0.2) is 0 Å². The second-order valence-electron chi connectivity index (χ2n) is 6.39. The van der Waals surface area contributed by atoms with Gasteiger partial charge in [-0.1, -0.05) is 13.8 Å². The second kappa shape index (κ2) is 8.18. The van der Waals surface area contributed by atoms with E-state index >= 15 is 0 Å². The summed E-state index contributed by atoms with van der Waals surface area (Å²) in [4.78, 5) is 14.5. The van der Waals surface area contributed by atoms with Gasteiger partial charge in [0.25, 0.3) is 0 Å². The van der Waals surface area contributed by atoms with Crippen molar-refractivity contribution in [2.24, 2.45) is 5.92 Å². The zero-order valence-corrected chi connectivity index (χ0v) is 14.0. The van der Waals surface area contributed by atoms with Crippen molar-refractivity contribution in [3.8, 4) is 5.75 Å². The largest absolute Gasteiger partial charge is 0.494 e. The van der Waals surface area contributed by atoms with Gasteiger partial charge >= 0.3 is 0 Å². The second-order valence-corrected chi connectivity index (χ2v) is 6.39. The Kier molecular flexibility index (Phi) is 6.25. The van der Waals surface area contributed by atoms with Crippen LogP contribution in [0.3, 0.4) is 0 Å². The van der Waals surface area contributed by atoms with Crippen LogP contribution in [-0.2, 0) is 4.79 Å². The van der Waals surface area contributed by atoms with Gasteiger partial charge in [0.1, 0.15) is 5.75 Å². The van der Waals surface area contributed by atoms with Crippen LogP contribution in [0.2, 0.25) is 0 Å². The van der Waals surface area contributed by atoms with E-state index < -0.39 is 0 Å². The Labute approximate surface area is 133 Å². The lowest BCUT2D eigenvalue weighted by atomic mass is 10.1. The van der Waals surface area contributed by atoms with E-state index in [0.717, 1.165) is 24.4 Å². The minimum Gasteiger partial charge on any atom is -0.494 e. The molecule has 0 spiro atoms. The molecule has 0 heterocycles. The van der Waals surface area contributed by atoms with Crippen molar-refractivity contribution >= 4 is 11.6 Å². The number of carbonyl (C=O) groups excluding carboxylic acids is 1. The summed E-state index contributed by atoms with van der Waals surface area (Å²) in [6.45, 7) is 8.57. The first-order valence-corrected chi connectivity index (χ1v) is 8.35. The van der Waals surface area contributed by atoms with E-state index in [1.165, 1.54) is 12.8 Å². The molecule has 1 aromatic rings. The van der Waals surface area contributed by atoms with E-state index in [2.05, 4.69) is 24.1 Å². The Morgan fingerprint density at radius 1 is 1.32 bits per heavy atom. The molecule has 1 aromatic carbocycles. The highest BCUT2D eigenvalue weighted by Gasteiger charge is 2.29. The lowest BCUT2D eigenvalue weighted by Gasteiger charge is -2.22. The summed E-state index contributed by atoms with van der Waals surface area (Å²) in [6.07, 6.45) is 3.61. The molecule has 0 unspecified atom stereocenters. The number of rotatable bonds is 9. The third-order valence-corrected chi connectivity index (χ3v) is 3.85. The topological polar surface area (TPSA) is 41.6 Å². The molecule has 1 N–H and O–H groups in total. The van der Waals surface area contributed by atoms with Crippen molar-refractivity contribution in [3.05, 3.63) is 24.3 Å². The van der Waals surface area contributed by atoms with Crippen LogP contribution in [0, 0.1) is 5.92 Å². The average molecular weight is 304 g/mol. The van der Waals surface area contributed by atoms with Crippen molar-refractivity contribution in [1.82, 2.24) is 4.90 Å². The van der Waals surface area contributed by atoms with Crippen LogP contribution in [0.15, 0.2) is 24.3 Å². The minimum atomic E-state index is 0.0693. The molecule has 4 heteroatoms. The molecule has 0 aromatic heterocycles. The summed E-state index contributed by atoms with van der Waals surface area (Å²) in [5.41, 5.74) is 0.827. The SMILES string of the molecule is CCOc1ccc(NC(=O)CN(CCC(C)C)C2CC2)cc1. The number of ether oxygens (including phenoxy) is 1. The lowest BCUT2D eigenvalue weighted by Crippen LogP contribution is -2.36. The Morgan fingerprint density at radius 2 is 2.00 bits per heavy atom. The summed E-state index contributed by atoms with van der Waals surface area (Å²) in [5.74, 6) is 1.58. The van der Waals surface area contributed by atoms with Crippen LogP contribution in [0.1, 0.15) is 40.0 Å². The zero-order valence-electron chi connectivity index (χ0n) is 14.0. The fraction of sp³-hybridized carbons (Fsp3) is 0.611. The summed E-state index contributed by atoms with van der Waals surface area (Å²) in [6, 6.07) is 8.16. The minimum absolute atomic E-state index is 0.0693. The fourth-order valence-electron chi connectivity index (χ4n) is 2.44. The maximum atomic E-state index is 12.2. The summed E-state index contributed by atoms with van der Waals surface area (Å²) in [7, 11) is 0. The molecule has 0 radical (unpaired) electrons. The molecule has 0 aliphatic heterocycles. The number of anilines is 1. The molecular formula is C18H28N2O2. The molecule has 1 aliphatic carbocycles. The fourth-order valence-corrected chi connectivity index (χ4v) is 2.44. The number of benzene rings is 1. The Hall–Kier alpha value is -1.55. The van der Waals surface area contributed by atoms with Gasteiger partial charge in [-0.2, -0.15) is 0 Å². The molecule has 0 atom stereocenters. The predicted octanol–water partition coefficient (Wildman–Crippen LogP) is 3.53. The van der Waals surface area contributed by atoms with E-state index in [0.29, 0.717) is 25.1 Å². The summed E-state index contributed by atoms with van der Waals surface area (Å²) >= 11 is 0. The number of hydrogen-bond donors (Lipinski definition) is 1. The Bertz CT molecular complexity index is 466. The Morgan fingerprint density at radius 3 is 2.55 bits per heavy atom. The first kappa shape index (κ1) is 16.8. The van der Waals surface area contributed by atoms with E-state index in [1.54, 1.807) is 0 Å². The van der Waals surface area contributed by atoms with Gasteiger partial charge in [-0.3, -0.25) is 9.69 Å². The Balaban J connectivity index is 1.82. The lowest BCUT2D eigenvalue weighted by molar-refractivity contribution is -0.117. The standard InChI is InChI=1S/C18H28N2O2/c1-4-22-17-9-5-15(6-10-17)19-18(21)13-20(16-7-8-16)12-11-14(2)3/h5-6,9-10,14,16H,4,7-8,11-13H2,1-3H3,(H,19,21). The number of nitrogens with zero attached hydrogens (tertiary/aromatic N) is 1. The normalized spacial score (nSPS) is 14.4. The molecule has 1 fully saturated rings. The highest BCUT2D eigenvalue weighted by molar-refractivity contribution is 5.92. The van der Waals surface area contributed by atoms with Crippen molar-refractivity contribution in [3.63, 3.8) is 0 Å². The van der Waals surface area contributed by atoms with Crippen molar-refractivity contribution < 1.29 is 9.53 Å². The molecule has 1 aliphatic rings. The first-order valence-electron chi connectivity index (χ1n) is 8.35. The maximum absolute atomic E-state index is 12.2. The van der Waals surface area contributed by atoms with Crippen LogP contribution in [-0.4, -0.2) is 36.5 Å². The van der Waals surface area contributed by atoms with E-state index in [-0.39, 0.29) is 5.91 Å². The van der Waals surface area contributed by atoms with E-state index in [4.69, 9.17) is 4.74 Å². The van der Waals surface area contributed by atoms with Gasteiger partial charge in [-0.15, -0.1) is 0 Å². The highest BCUT2D eigenvalue weighted by atomic mass is 16.5. The van der Waals surface area contributed by atoms with Gasteiger partial charge < -0.3 is 10.1 Å². The van der Waals surface area contributed by atoms with E-state index in [9.17, 15) is 4.79 Å². The van der Waals surface area contributed by atoms with Gasteiger partial charge in [0.05, 0.1) is 13.2 Å². The van der Waals surface area contributed by atoms with Crippen LogP contribution >= 0.6 is 0 Å². The maximum Gasteiger partial charge on any atom is 0.238 e. The monoisotopic (exact) mass is 304 g/mol. The first-order chi connectivity index (χ1) is 10.6. The van der Waals surface area contributed by atoms with Crippen molar-refractivity contribution in [2.45, 2.75) is 46.1 Å². The van der Waals surface area contributed by atoms with Gasteiger partial charge in [-0.05, 0) is 62.9 Å². The van der Waals surface area contributed by atoms with E-state index in [1.807, 2.05) is 31.2 Å². The smallest absolute Gasteiger partial charge is 0.238 e. The zero-order chi connectivity index (χ0) is 15.9. The number of nitrogens with one attached hydrogen (secondary N) is 1. The van der Waals surface area contributed by atoms with Crippen LogP contribution in [0.4, 0.5) is 5.69 Å². The molecule has 1 saturated carbocycles. The summed E-state index contributed by atoms with van der Waals surface area (Å²) in [5, 5.41) is 2.98. The number of hydrogen-bond acceptors (Lipinski definition) is 3. The molecule has 22 heavy (non-hydrogen) atoms. The molecule has 0 bridgehead atoms. The summed E-state index contributed by atoms with van der Waals surface area (Å²) < 4.78 is 5.40. The third kappa shape index (κ3) is 5.68. The molecule has 122 valence electrons. The highest BCUT2D eigenvalue weighted by Crippen LogP contribution is 2.27.